The van der Waals surface area contributed by atoms with Crippen LogP contribution >= 0.6 is 0 Å². The van der Waals surface area contributed by atoms with E-state index in [-0.39, 0.29) is 17.8 Å². The van der Waals surface area contributed by atoms with E-state index in [0.29, 0.717) is 18.1 Å². The lowest BCUT2D eigenvalue weighted by molar-refractivity contribution is -0.130. The number of hydrogen-bond acceptors (Lipinski definition) is 4. The fraction of sp³-hybridized carbons (Fsp3) is 0.529. The number of imidazole rings is 1. The molecule has 6 nitrogen and oxygen atoms in total. The third kappa shape index (κ3) is 3.73. The minimum atomic E-state index is -0.618. The van der Waals surface area contributed by atoms with Crippen LogP contribution in [-0.2, 0) is 21.3 Å². The van der Waals surface area contributed by atoms with E-state index in [2.05, 4.69) is 10.3 Å². The molecule has 0 aliphatic carbocycles. The van der Waals surface area contributed by atoms with Gasteiger partial charge in [0.1, 0.15) is 11.9 Å². The highest BCUT2D eigenvalue weighted by Gasteiger charge is 2.20. The smallest absolute Gasteiger partial charge is 0.255 e. The monoisotopic (exact) mass is 335 g/mol. The van der Waals surface area contributed by atoms with E-state index in [0.717, 1.165) is 31.4 Å². The van der Waals surface area contributed by atoms with Crippen LogP contribution in [0.3, 0.4) is 0 Å². The Morgan fingerprint density at radius 3 is 3.12 bits per heavy atom. The number of hydrogen-bond donors (Lipinski definition) is 1. The second-order valence-corrected chi connectivity index (χ2v) is 6.08. The number of amides is 1. The molecule has 1 aliphatic heterocycles. The van der Waals surface area contributed by atoms with Gasteiger partial charge >= 0.3 is 0 Å². The lowest BCUT2D eigenvalue weighted by atomic mass is 10.1. The quantitative estimate of drug-likeness (QED) is 0.912. The normalized spacial score (nSPS) is 19.4. The van der Waals surface area contributed by atoms with Gasteiger partial charge in [0.25, 0.3) is 5.91 Å². The Balaban J connectivity index is 1.60. The van der Waals surface area contributed by atoms with Crippen molar-refractivity contribution in [2.24, 2.45) is 7.05 Å². The van der Waals surface area contributed by atoms with E-state index in [9.17, 15) is 9.18 Å². The molecule has 2 heterocycles. The summed E-state index contributed by atoms with van der Waals surface area (Å²) in [7, 11) is 1.77. The topological polar surface area (TPSA) is 65.4 Å². The van der Waals surface area contributed by atoms with E-state index in [1.165, 1.54) is 12.1 Å². The number of aromatic nitrogens is 2. The predicted octanol–water partition coefficient (Wildman–Crippen LogP) is 2.63. The average molecular weight is 335 g/mol. The van der Waals surface area contributed by atoms with Crippen LogP contribution in [0.4, 0.5) is 10.3 Å². The van der Waals surface area contributed by atoms with Gasteiger partial charge in [0.15, 0.2) is 0 Å². The Labute approximate surface area is 139 Å². The Bertz CT molecular complexity index is 725. The van der Waals surface area contributed by atoms with Gasteiger partial charge in [-0.2, -0.15) is 0 Å². The van der Waals surface area contributed by atoms with Gasteiger partial charge in [-0.3, -0.25) is 10.1 Å². The van der Waals surface area contributed by atoms with Crippen LogP contribution in [-0.4, -0.2) is 40.9 Å². The van der Waals surface area contributed by atoms with Crippen molar-refractivity contribution < 1.29 is 18.7 Å². The molecule has 2 unspecified atom stereocenters. The van der Waals surface area contributed by atoms with Gasteiger partial charge < -0.3 is 14.0 Å². The number of nitrogens with one attached hydrogen (secondary N) is 1. The van der Waals surface area contributed by atoms with Crippen LogP contribution in [0.5, 0.6) is 0 Å². The number of carbonyl (C=O) groups excluding carboxylic acids is 1. The molecule has 2 aromatic rings. The standard InChI is InChI=1S/C17H22FN3O3/c1-11(24-10-13-5-3-4-8-23-13)16(22)20-17-19-14-9-12(18)6-7-15(14)21(17)2/h6-7,9,11,13H,3-5,8,10H2,1-2H3,(H,19,20,22). The molecule has 24 heavy (non-hydrogen) atoms. The number of carbonyl (C=O) groups is 1. The van der Waals surface area contributed by atoms with Crippen molar-refractivity contribution in [3.8, 4) is 0 Å². The second-order valence-electron chi connectivity index (χ2n) is 6.08. The average Bonchev–Trinajstić information content (AvgIpc) is 2.88. The number of rotatable bonds is 5. The van der Waals surface area contributed by atoms with Crippen molar-refractivity contribution in [3.63, 3.8) is 0 Å². The number of fused-ring (bicyclic) bond motifs is 1. The first kappa shape index (κ1) is 16.9. The zero-order valence-electron chi connectivity index (χ0n) is 13.9. The first-order chi connectivity index (χ1) is 11.5. The Morgan fingerprint density at radius 1 is 1.54 bits per heavy atom. The van der Waals surface area contributed by atoms with Gasteiger partial charge in [0, 0.05) is 19.7 Å². The zero-order chi connectivity index (χ0) is 17.1. The maximum Gasteiger partial charge on any atom is 0.255 e. The highest BCUT2D eigenvalue weighted by atomic mass is 19.1. The Kier molecular flexibility index (Phi) is 5.11. The van der Waals surface area contributed by atoms with E-state index in [4.69, 9.17) is 9.47 Å². The van der Waals surface area contributed by atoms with Crippen LogP contribution in [0.15, 0.2) is 18.2 Å². The van der Waals surface area contributed by atoms with Crippen LogP contribution in [0.25, 0.3) is 11.0 Å². The van der Waals surface area contributed by atoms with Crippen LogP contribution in [0.1, 0.15) is 26.2 Å². The molecule has 1 aromatic heterocycles. The summed E-state index contributed by atoms with van der Waals surface area (Å²) in [6.45, 7) is 2.86. The SMILES string of the molecule is CC(OCC1CCCCO1)C(=O)Nc1nc2cc(F)ccc2n1C. The lowest BCUT2D eigenvalue weighted by Gasteiger charge is -2.23. The van der Waals surface area contributed by atoms with E-state index < -0.39 is 6.10 Å². The van der Waals surface area contributed by atoms with Crippen molar-refractivity contribution in [2.45, 2.75) is 38.4 Å². The first-order valence-electron chi connectivity index (χ1n) is 8.20. The molecule has 1 aliphatic rings. The van der Waals surface area contributed by atoms with Crippen molar-refractivity contribution >= 4 is 22.9 Å². The fourth-order valence-electron chi connectivity index (χ4n) is 2.76. The lowest BCUT2D eigenvalue weighted by Crippen LogP contribution is -2.33. The molecule has 0 saturated carbocycles. The predicted molar refractivity (Wildman–Crippen MR) is 88.3 cm³/mol. The van der Waals surface area contributed by atoms with Crippen LogP contribution in [0, 0.1) is 5.82 Å². The minimum Gasteiger partial charge on any atom is -0.376 e. The molecule has 1 amide bonds. The summed E-state index contributed by atoms with van der Waals surface area (Å²) in [5.74, 6) is -0.280. The number of benzene rings is 1. The maximum absolute atomic E-state index is 13.3. The molecule has 130 valence electrons. The largest absolute Gasteiger partial charge is 0.376 e. The highest BCUT2D eigenvalue weighted by molar-refractivity contribution is 5.94. The molecule has 7 heteroatoms. The molecule has 1 N–H and O–H groups in total. The molecule has 3 rings (SSSR count). The minimum absolute atomic E-state index is 0.0627. The summed E-state index contributed by atoms with van der Waals surface area (Å²) in [6.07, 6.45) is 2.62. The summed E-state index contributed by atoms with van der Waals surface area (Å²) >= 11 is 0. The third-order valence-corrected chi connectivity index (χ3v) is 4.25. The molecule has 0 spiro atoms. The van der Waals surface area contributed by atoms with Crippen molar-refractivity contribution in [1.29, 1.82) is 0 Å². The van der Waals surface area contributed by atoms with Crippen molar-refractivity contribution in [1.82, 2.24) is 9.55 Å². The number of halogens is 1. The van der Waals surface area contributed by atoms with Gasteiger partial charge in [-0.05, 0) is 38.3 Å². The molecular weight excluding hydrogens is 313 g/mol. The van der Waals surface area contributed by atoms with Gasteiger partial charge in [-0.1, -0.05) is 0 Å². The molecule has 0 radical (unpaired) electrons. The van der Waals surface area contributed by atoms with Gasteiger partial charge in [0.05, 0.1) is 23.7 Å². The number of aryl methyl sites for hydroxylation is 1. The van der Waals surface area contributed by atoms with Crippen LogP contribution < -0.4 is 5.32 Å². The second kappa shape index (κ2) is 7.27. The molecule has 2 atom stereocenters. The van der Waals surface area contributed by atoms with Crippen molar-refractivity contribution in [3.05, 3.63) is 24.0 Å². The number of ether oxygens (including phenoxy) is 2. The number of nitrogens with zero attached hydrogens (tertiary/aromatic N) is 2. The summed E-state index contributed by atoms with van der Waals surface area (Å²) in [4.78, 5) is 16.5. The summed E-state index contributed by atoms with van der Waals surface area (Å²) in [5, 5.41) is 2.73. The van der Waals surface area contributed by atoms with E-state index in [1.54, 1.807) is 24.6 Å². The third-order valence-electron chi connectivity index (χ3n) is 4.25. The van der Waals surface area contributed by atoms with E-state index >= 15 is 0 Å². The van der Waals surface area contributed by atoms with Crippen LogP contribution in [0.2, 0.25) is 0 Å². The molecule has 1 fully saturated rings. The van der Waals surface area contributed by atoms with Gasteiger partial charge in [-0.15, -0.1) is 0 Å². The highest BCUT2D eigenvalue weighted by Crippen LogP contribution is 2.19. The summed E-state index contributed by atoms with van der Waals surface area (Å²) in [5.41, 5.74) is 1.24. The molecular formula is C17H22FN3O3. The van der Waals surface area contributed by atoms with Gasteiger partial charge in [-0.25, -0.2) is 9.37 Å². The fourth-order valence-corrected chi connectivity index (χ4v) is 2.76. The first-order valence-corrected chi connectivity index (χ1v) is 8.20. The Morgan fingerprint density at radius 2 is 2.38 bits per heavy atom. The summed E-state index contributed by atoms with van der Waals surface area (Å²) in [6, 6.07) is 4.34. The molecule has 0 bridgehead atoms. The maximum atomic E-state index is 13.3. The molecule has 1 aromatic carbocycles. The van der Waals surface area contributed by atoms with Crippen molar-refractivity contribution in [2.75, 3.05) is 18.5 Å². The Hall–Kier alpha value is -1.99. The van der Waals surface area contributed by atoms with E-state index in [1.807, 2.05) is 0 Å². The zero-order valence-corrected chi connectivity index (χ0v) is 13.9. The number of anilines is 1. The summed E-state index contributed by atoms with van der Waals surface area (Å²) < 4.78 is 26.2. The van der Waals surface area contributed by atoms with Gasteiger partial charge in [0.2, 0.25) is 5.95 Å². The molecule has 1 saturated heterocycles.